The molecule has 1 aromatic rings. The van der Waals surface area contributed by atoms with Gasteiger partial charge in [-0.05, 0) is 48.9 Å². The highest BCUT2D eigenvalue weighted by Gasteiger charge is 2.06. The molecule has 0 saturated heterocycles. The first kappa shape index (κ1) is 21.9. The summed E-state index contributed by atoms with van der Waals surface area (Å²) in [6.07, 6.45) is 11.2. The van der Waals surface area contributed by atoms with Crippen molar-refractivity contribution >= 4 is 30.3 Å². The molecule has 1 rings (SSSR count). The molecule has 0 spiro atoms. The van der Waals surface area contributed by atoms with E-state index in [2.05, 4.69) is 72.4 Å². The van der Waals surface area contributed by atoms with Crippen LogP contribution in [0.3, 0.4) is 0 Å². The Hall–Kier alpha value is -2.14. The maximum absolute atomic E-state index is 11.5. The number of benzene rings is 1. The lowest BCUT2D eigenvalue weighted by Gasteiger charge is -2.22. The van der Waals surface area contributed by atoms with Crippen molar-refractivity contribution in [2.24, 2.45) is 0 Å². The fourth-order valence-corrected chi connectivity index (χ4v) is 2.62. The molecule has 26 heavy (non-hydrogen) atoms. The fourth-order valence-electron chi connectivity index (χ4n) is 2.38. The van der Waals surface area contributed by atoms with Crippen molar-refractivity contribution in [2.75, 3.05) is 44.9 Å². The Bertz CT molecular complexity index is 635. The Labute approximate surface area is 163 Å². The zero-order valence-electron chi connectivity index (χ0n) is 16.3. The van der Waals surface area contributed by atoms with Crippen LogP contribution in [0.2, 0.25) is 0 Å². The zero-order chi connectivity index (χ0) is 19.4. The molecule has 1 N–H and O–H groups in total. The van der Waals surface area contributed by atoms with Gasteiger partial charge in [-0.15, -0.1) is 0 Å². The van der Waals surface area contributed by atoms with Crippen LogP contribution in [-0.2, 0) is 4.79 Å². The lowest BCUT2D eigenvalue weighted by molar-refractivity contribution is -0.127. The second-order valence-electron chi connectivity index (χ2n) is 6.08. The monoisotopic (exact) mass is 373 g/mol. The molecule has 1 amide bonds. The SMILES string of the molecule is C/C=C(\C=C/NC)/C=C/c1ccc(N(C)CCCN(C)C(=O)CS)cc1. The number of thiol groups is 1. The first-order valence-electron chi connectivity index (χ1n) is 8.86. The Balaban J connectivity index is 2.55. The van der Waals surface area contributed by atoms with E-state index in [1.54, 1.807) is 4.90 Å². The van der Waals surface area contributed by atoms with Crippen LogP contribution in [-0.4, -0.2) is 50.8 Å². The average Bonchev–Trinajstić information content (AvgIpc) is 2.67. The largest absolute Gasteiger partial charge is 0.394 e. The van der Waals surface area contributed by atoms with Gasteiger partial charge in [-0.3, -0.25) is 4.79 Å². The number of allylic oxidation sites excluding steroid dienone is 4. The second-order valence-corrected chi connectivity index (χ2v) is 6.40. The molecule has 1 aromatic carbocycles. The highest BCUT2D eigenvalue weighted by atomic mass is 32.1. The van der Waals surface area contributed by atoms with E-state index < -0.39 is 0 Å². The third-order valence-electron chi connectivity index (χ3n) is 4.13. The average molecular weight is 374 g/mol. The van der Waals surface area contributed by atoms with Crippen LogP contribution in [0.1, 0.15) is 18.9 Å². The Morgan fingerprint density at radius 1 is 1.15 bits per heavy atom. The molecule has 4 nitrogen and oxygen atoms in total. The van der Waals surface area contributed by atoms with Gasteiger partial charge in [0.05, 0.1) is 5.75 Å². The van der Waals surface area contributed by atoms with Crippen molar-refractivity contribution < 1.29 is 4.79 Å². The quantitative estimate of drug-likeness (QED) is 0.486. The molecular weight excluding hydrogens is 342 g/mol. The minimum atomic E-state index is 0.0668. The number of anilines is 1. The molecule has 0 unspecified atom stereocenters. The first-order valence-corrected chi connectivity index (χ1v) is 9.49. The highest BCUT2D eigenvalue weighted by molar-refractivity contribution is 7.81. The van der Waals surface area contributed by atoms with E-state index in [0.29, 0.717) is 0 Å². The van der Waals surface area contributed by atoms with E-state index in [1.165, 1.54) is 11.3 Å². The summed E-state index contributed by atoms with van der Waals surface area (Å²) >= 11 is 4.02. The number of hydrogen-bond donors (Lipinski definition) is 2. The van der Waals surface area contributed by atoms with Gasteiger partial charge in [0.1, 0.15) is 0 Å². The van der Waals surface area contributed by atoms with Crippen molar-refractivity contribution in [1.29, 1.82) is 0 Å². The van der Waals surface area contributed by atoms with E-state index in [-0.39, 0.29) is 11.7 Å². The van der Waals surface area contributed by atoms with Crippen molar-refractivity contribution in [3.05, 3.63) is 59.8 Å². The molecule has 0 bridgehead atoms. The highest BCUT2D eigenvalue weighted by Crippen LogP contribution is 2.16. The first-order chi connectivity index (χ1) is 12.5. The molecule has 0 aliphatic carbocycles. The molecule has 0 fully saturated rings. The number of carbonyl (C=O) groups is 1. The number of amides is 1. The normalized spacial score (nSPS) is 12.0. The van der Waals surface area contributed by atoms with Gasteiger partial charge in [-0.2, -0.15) is 12.6 Å². The van der Waals surface area contributed by atoms with Crippen LogP contribution in [0.25, 0.3) is 6.08 Å². The topological polar surface area (TPSA) is 35.6 Å². The van der Waals surface area contributed by atoms with Crippen molar-refractivity contribution in [2.45, 2.75) is 13.3 Å². The van der Waals surface area contributed by atoms with Crippen molar-refractivity contribution in [1.82, 2.24) is 10.2 Å². The molecule has 142 valence electrons. The standard InChI is InChI=1S/C21H31N3OS/c1-5-18(13-14-22-2)7-8-19-9-11-20(12-10-19)23(3)15-6-16-24(4)21(25)17-26/h5,7-14,22,26H,6,15-17H2,1-4H3/b8-7+,14-13-,18-5-. The van der Waals surface area contributed by atoms with Gasteiger partial charge in [0.15, 0.2) is 0 Å². The molecule has 0 aliphatic heterocycles. The fraction of sp³-hybridized carbons (Fsp3) is 0.381. The van der Waals surface area contributed by atoms with Gasteiger partial charge in [0, 0.05) is 39.9 Å². The van der Waals surface area contributed by atoms with Gasteiger partial charge in [0.25, 0.3) is 0 Å². The zero-order valence-corrected chi connectivity index (χ0v) is 17.2. The lowest BCUT2D eigenvalue weighted by Crippen LogP contribution is -2.31. The number of carbonyl (C=O) groups excluding carboxylic acids is 1. The van der Waals surface area contributed by atoms with Crippen molar-refractivity contribution in [3.63, 3.8) is 0 Å². The molecule has 0 aliphatic rings. The predicted molar refractivity (Wildman–Crippen MR) is 117 cm³/mol. The predicted octanol–water partition coefficient (Wildman–Crippen LogP) is 3.59. The van der Waals surface area contributed by atoms with Crippen LogP contribution >= 0.6 is 12.6 Å². The van der Waals surface area contributed by atoms with Crippen LogP contribution in [0.4, 0.5) is 5.69 Å². The molecule has 0 heterocycles. The Kier molecular flexibility index (Phi) is 10.3. The number of nitrogens with zero attached hydrogens (tertiary/aromatic N) is 2. The minimum absolute atomic E-state index is 0.0668. The van der Waals surface area contributed by atoms with E-state index in [0.717, 1.165) is 25.1 Å². The summed E-state index contributed by atoms with van der Waals surface area (Å²) in [6.45, 7) is 3.67. The van der Waals surface area contributed by atoms with Crippen LogP contribution in [0, 0.1) is 0 Å². The van der Waals surface area contributed by atoms with Crippen LogP contribution in [0.5, 0.6) is 0 Å². The van der Waals surface area contributed by atoms with E-state index in [9.17, 15) is 4.79 Å². The summed E-state index contributed by atoms with van der Waals surface area (Å²) in [5, 5.41) is 3.00. The molecule has 5 heteroatoms. The summed E-state index contributed by atoms with van der Waals surface area (Å²) in [5.74, 6) is 0.332. The van der Waals surface area contributed by atoms with Gasteiger partial charge in [-0.25, -0.2) is 0 Å². The summed E-state index contributed by atoms with van der Waals surface area (Å²) in [6, 6.07) is 8.49. The lowest BCUT2D eigenvalue weighted by atomic mass is 10.1. The Morgan fingerprint density at radius 3 is 2.42 bits per heavy atom. The van der Waals surface area contributed by atoms with E-state index >= 15 is 0 Å². The third kappa shape index (κ3) is 7.83. The van der Waals surface area contributed by atoms with Gasteiger partial charge < -0.3 is 15.1 Å². The summed E-state index contributed by atoms with van der Waals surface area (Å²) in [7, 11) is 5.79. The number of hydrogen-bond acceptors (Lipinski definition) is 4. The molecule has 0 saturated carbocycles. The van der Waals surface area contributed by atoms with E-state index in [1.807, 2.05) is 33.3 Å². The molecule has 0 radical (unpaired) electrons. The van der Waals surface area contributed by atoms with Crippen LogP contribution < -0.4 is 10.2 Å². The number of rotatable bonds is 10. The third-order valence-corrected chi connectivity index (χ3v) is 4.40. The van der Waals surface area contributed by atoms with Crippen molar-refractivity contribution in [3.8, 4) is 0 Å². The maximum Gasteiger partial charge on any atom is 0.232 e. The maximum atomic E-state index is 11.5. The molecular formula is C21H31N3OS. The molecule has 0 aromatic heterocycles. The molecule has 0 atom stereocenters. The summed E-state index contributed by atoms with van der Waals surface area (Å²) in [4.78, 5) is 15.4. The summed E-state index contributed by atoms with van der Waals surface area (Å²) < 4.78 is 0. The minimum Gasteiger partial charge on any atom is -0.394 e. The van der Waals surface area contributed by atoms with Gasteiger partial charge in [0.2, 0.25) is 5.91 Å². The van der Waals surface area contributed by atoms with Gasteiger partial charge >= 0.3 is 0 Å². The number of nitrogens with one attached hydrogen (secondary N) is 1. The van der Waals surface area contributed by atoms with Crippen LogP contribution in [0.15, 0.2) is 54.3 Å². The smallest absolute Gasteiger partial charge is 0.232 e. The van der Waals surface area contributed by atoms with E-state index in [4.69, 9.17) is 0 Å². The second kappa shape index (κ2) is 12.3. The Morgan fingerprint density at radius 2 is 1.85 bits per heavy atom. The van der Waals surface area contributed by atoms with Gasteiger partial charge in [-0.1, -0.05) is 30.4 Å². The summed E-state index contributed by atoms with van der Waals surface area (Å²) in [5.41, 5.74) is 3.49.